The molecule has 3 aromatic carbocycles. The highest BCUT2D eigenvalue weighted by atomic mass is 35.5. The van der Waals surface area contributed by atoms with Gasteiger partial charge in [0.15, 0.2) is 6.29 Å². The van der Waals surface area contributed by atoms with Crippen molar-refractivity contribution >= 4 is 23.6 Å². The molecule has 220 valence electrons. The maximum absolute atomic E-state index is 12.0. The van der Waals surface area contributed by atoms with Crippen LogP contribution in [0.2, 0.25) is 5.02 Å². The summed E-state index contributed by atoms with van der Waals surface area (Å²) >= 11 is 5.64. The SMILES string of the molecule is CCO.CO.Cc1cc(N)c(C)c(C(C=O)OC(C)(C)C)c1-c1ccc2c(c1)CCCO2.Cc1cccc(Cl)c1. The molecule has 0 saturated heterocycles. The van der Waals surface area contributed by atoms with Crippen molar-refractivity contribution in [2.75, 3.05) is 26.1 Å². The van der Waals surface area contributed by atoms with Crippen molar-refractivity contribution in [3.8, 4) is 16.9 Å². The summed E-state index contributed by atoms with van der Waals surface area (Å²) in [5, 5.41) is 15.4. The molecule has 1 aliphatic heterocycles. The Bertz CT molecular complexity index is 1200. The Balaban J connectivity index is 0.000000512. The summed E-state index contributed by atoms with van der Waals surface area (Å²) in [6.07, 6.45) is 2.22. The van der Waals surface area contributed by atoms with E-state index >= 15 is 0 Å². The van der Waals surface area contributed by atoms with Crippen LogP contribution in [0.15, 0.2) is 48.5 Å². The zero-order valence-corrected chi connectivity index (χ0v) is 25.9. The fourth-order valence-electron chi connectivity index (χ4n) is 4.36. The molecular weight excluding hydrogens is 526 g/mol. The maximum Gasteiger partial charge on any atom is 0.153 e. The Hall–Kier alpha value is -2.90. The second-order valence-electron chi connectivity index (χ2n) is 10.4. The summed E-state index contributed by atoms with van der Waals surface area (Å²) in [4.78, 5) is 12.0. The zero-order chi connectivity index (χ0) is 30.5. The highest BCUT2D eigenvalue weighted by Crippen LogP contribution is 2.40. The molecule has 40 heavy (non-hydrogen) atoms. The predicted octanol–water partition coefficient (Wildman–Crippen LogP) is 7.19. The molecule has 6 nitrogen and oxygen atoms in total. The lowest BCUT2D eigenvalue weighted by atomic mass is 9.86. The van der Waals surface area contributed by atoms with Gasteiger partial charge in [-0.3, -0.25) is 0 Å². The fourth-order valence-corrected chi connectivity index (χ4v) is 4.61. The number of fused-ring (bicyclic) bond motifs is 1. The van der Waals surface area contributed by atoms with Crippen molar-refractivity contribution < 1.29 is 24.5 Å². The van der Waals surface area contributed by atoms with Crippen LogP contribution < -0.4 is 10.5 Å². The van der Waals surface area contributed by atoms with Gasteiger partial charge in [0.2, 0.25) is 0 Å². The van der Waals surface area contributed by atoms with Gasteiger partial charge in [-0.05, 0) is 125 Å². The highest BCUT2D eigenvalue weighted by Gasteiger charge is 2.27. The van der Waals surface area contributed by atoms with E-state index in [1.165, 1.54) is 11.1 Å². The van der Waals surface area contributed by atoms with Crippen LogP contribution in [-0.4, -0.2) is 42.4 Å². The Kier molecular flexibility index (Phi) is 15.0. The van der Waals surface area contributed by atoms with Gasteiger partial charge in [0.25, 0.3) is 0 Å². The monoisotopic (exact) mass is 571 g/mol. The van der Waals surface area contributed by atoms with E-state index < -0.39 is 11.7 Å². The number of hydrogen-bond donors (Lipinski definition) is 3. The van der Waals surface area contributed by atoms with Gasteiger partial charge in [0.05, 0.1) is 12.2 Å². The average molecular weight is 572 g/mol. The van der Waals surface area contributed by atoms with Crippen LogP contribution in [0.1, 0.15) is 68.0 Å². The molecule has 0 radical (unpaired) electrons. The van der Waals surface area contributed by atoms with Crippen LogP contribution in [0.4, 0.5) is 5.69 Å². The molecule has 0 spiro atoms. The van der Waals surface area contributed by atoms with E-state index in [1.54, 1.807) is 6.92 Å². The fraction of sp³-hybridized carbons (Fsp3) is 0.424. The van der Waals surface area contributed by atoms with Gasteiger partial charge in [-0.15, -0.1) is 0 Å². The number of hydrogen-bond acceptors (Lipinski definition) is 6. The topological polar surface area (TPSA) is 102 Å². The van der Waals surface area contributed by atoms with Gasteiger partial charge in [0.1, 0.15) is 11.9 Å². The molecule has 0 amide bonds. The van der Waals surface area contributed by atoms with E-state index in [4.69, 9.17) is 37.0 Å². The molecule has 0 saturated carbocycles. The number of carbonyl (C=O) groups excluding carboxylic acids is 1. The van der Waals surface area contributed by atoms with Gasteiger partial charge < -0.3 is 30.2 Å². The van der Waals surface area contributed by atoms with Crippen LogP contribution in [0.5, 0.6) is 5.75 Å². The van der Waals surface area contributed by atoms with Crippen LogP contribution in [0.3, 0.4) is 0 Å². The Labute approximate surface area is 245 Å². The van der Waals surface area contributed by atoms with E-state index in [2.05, 4.69) is 12.1 Å². The standard InChI is InChI=1S/C23H29NO3.C7H7Cl.C2H6O.CH4O/c1-14-11-18(24)15(2)22(20(13-25)27-23(3,4)5)21(14)17-8-9-19-16(12-17)7-6-10-26-19;1-6-3-2-4-7(8)5-6;1-2-3;1-2/h8-9,11-13,20H,6-7,10,24H2,1-5H3;2-5H,1H3;3H,2H2,1H3;2H,1H3. The van der Waals surface area contributed by atoms with Crippen molar-refractivity contribution in [2.45, 2.75) is 73.0 Å². The number of carbonyl (C=O) groups is 1. The normalized spacial score (nSPS) is 12.6. The molecule has 0 aliphatic carbocycles. The summed E-state index contributed by atoms with van der Waals surface area (Å²) in [6, 6.07) is 16.0. The summed E-state index contributed by atoms with van der Waals surface area (Å²) in [5.41, 5.74) is 13.8. The van der Waals surface area contributed by atoms with Crippen LogP contribution >= 0.6 is 11.6 Å². The van der Waals surface area contributed by atoms with Gasteiger partial charge in [-0.25, -0.2) is 0 Å². The number of nitrogens with two attached hydrogens (primary N) is 1. The maximum atomic E-state index is 12.0. The van der Waals surface area contributed by atoms with E-state index in [1.807, 2.05) is 77.9 Å². The number of benzene rings is 3. The van der Waals surface area contributed by atoms with E-state index in [-0.39, 0.29) is 6.61 Å². The lowest BCUT2D eigenvalue weighted by molar-refractivity contribution is -0.128. The molecular formula is C33H46ClNO5. The quantitative estimate of drug-likeness (QED) is 0.226. The second-order valence-corrected chi connectivity index (χ2v) is 10.8. The van der Waals surface area contributed by atoms with Crippen molar-refractivity contribution in [2.24, 2.45) is 0 Å². The number of aryl methyl sites for hydroxylation is 3. The molecule has 1 aliphatic rings. The zero-order valence-electron chi connectivity index (χ0n) is 25.2. The van der Waals surface area contributed by atoms with Crippen LogP contribution in [0, 0.1) is 20.8 Å². The molecule has 0 fully saturated rings. The first-order valence-corrected chi connectivity index (χ1v) is 13.9. The third kappa shape index (κ3) is 10.6. The lowest BCUT2D eigenvalue weighted by Crippen LogP contribution is -2.24. The second kappa shape index (κ2) is 17.0. The van der Waals surface area contributed by atoms with Crippen LogP contribution in [-0.2, 0) is 16.0 Å². The van der Waals surface area contributed by atoms with Crippen LogP contribution in [0.25, 0.3) is 11.1 Å². The molecule has 1 heterocycles. The van der Waals surface area contributed by atoms with Gasteiger partial charge >= 0.3 is 0 Å². The van der Waals surface area contributed by atoms with Crippen molar-refractivity contribution in [3.05, 3.63) is 81.4 Å². The Morgan fingerprint density at radius 1 is 1.10 bits per heavy atom. The average Bonchev–Trinajstić information content (AvgIpc) is 2.90. The number of anilines is 1. The first kappa shape index (κ1) is 35.1. The first-order valence-electron chi connectivity index (χ1n) is 13.5. The largest absolute Gasteiger partial charge is 0.493 e. The molecule has 7 heteroatoms. The number of nitrogen functional groups attached to an aromatic ring is 1. The molecule has 1 atom stereocenters. The minimum absolute atomic E-state index is 0.250. The molecule has 0 bridgehead atoms. The van der Waals surface area contributed by atoms with Crippen molar-refractivity contribution in [1.82, 2.24) is 0 Å². The third-order valence-corrected chi connectivity index (χ3v) is 6.17. The number of aldehydes is 1. The minimum Gasteiger partial charge on any atom is -0.493 e. The summed E-state index contributed by atoms with van der Waals surface area (Å²) in [5.74, 6) is 0.953. The molecule has 1 unspecified atom stereocenters. The Morgan fingerprint density at radius 3 is 2.27 bits per heavy atom. The van der Waals surface area contributed by atoms with Crippen molar-refractivity contribution in [3.63, 3.8) is 0 Å². The minimum atomic E-state index is -0.672. The predicted molar refractivity (Wildman–Crippen MR) is 166 cm³/mol. The summed E-state index contributed by atoms with van der Waals surface area (Å²) in [7, 11) is 1.00. The van der Waals surface area contributed by atoms with Gasteiger partial charge in [0, 0.05) is 30.0 Å². The van der Waals surface area contributed by atoms with E-state index in [9.17, 15) is 4.79 Å². The highest BCUT2D eigenvalue weighted by molar-refractivity contribution is 6.30. The number of rotatable bonds is 4. The molecule has 3 aromatic rings. The van der Waals surface area contributed by atoms with Crippen molar-refractivity contribution in [1.29, 1.82) is 0 Å². The number of aliphatic hydroxyl groups excluding tert-OH is 2. The molecule has 4 N–H and O–H groups in total. The summed E-state index contributed by atoms with van der Waals surface area (Å²) < 4.78 is 11.8. The summed E-state index contributed by atoms with van der Waals surface area (Å²) in [6.45, 7) is 14.6. The molecule has 4 rings (SSSR count). The van der Waals surface area contributed by atoms with Gasteiger partial charge in [-0.2, -0.15) is 0 Å². The number of halogens is 1. The number of aliphatic hydroxyl groups is 2. The smallest absolute Gasteiger partial charge is 0.153 e. The molecule has 0 aromatic heterocycles. The third-order valence-electron chi connectivity index (χ3n) is 5.94. The van der Waals surface area contributed by atoms with E-state index in [0.29, 0.717) is 5.69 Å². The van der Waals surface area contributed by atoms with Gasteiger partial charge in [-0.1, -0.05) is 29.8 Å². The van der Waals surface area contributed by atoms with E-state index in [0.717, 1.165) is 71.4 Å². The lowest BCUT2D eigenvalue weighted by Gasteiger charge is -2.28. The number of ether oxygens (including phenoxy) is 2. The Morgan fingerprint density at radius 2 is 1.75 bits per heavy atom. The first-order chi connectivity index (χ1) is 18.9.